The van der Waals surface area contributed by atoms with Gasteiger partial charge in [-0.05, 0) is 17.7 Å². The summed E-state index contributed by atoms with van der Waals surface area (Å²) >= 11 is 12.7. The number of halogens is 3. The molecule has 0 aliphatic heterocycles. The summed E-state index contributed by atoms with van der Waals surface area (Å²) in [6, 6.07) is 7.98. The van der Waals surface area contributed by atoms with Gasteiger partial charge in [0.25, 0.3) is 0 Å². The van der Waals surface area contributed by atoms with E-state index in [1.54, 1.807) is 0 Å². The maximum absolute atomic E-state index is 5.78. The lowest BCUT2D eigenvalue weighted by atomic mass is 10.0. The van der Waals surface area contributed by atoms with Crippen LogP contribution in [0.5, 0.6) is 0 Å². The number of hydrogen-bond donors (Lipinski definition) is 0. The molecule has 1 aromatic rings. The van der Waals surface area contributed by atoms with E-state index in [0.29, 0.717) is 5.92 Å². The first-order valence-electron chi connectivity index (χ1n) is 3.65. The largest absolute Gasteiger partial charge is 0.0921 e. The van der Waals surface area contributed by atoms with Crippen LogP contribution in [0.2, 0.25) is 5.02 Å². The van der Waals surface area contributed by atoms with Crippen LogP contribution in [0.15, 0.2) is 24.3 Å². The van der Waals surface area contributed by atoms with E-state index >= 15 is 0 Å². The van der Waals surface area contributed by atoms with Gasteiger partial charge in [-0.25, -0.2) is 0 Å². The highest BCUT2D eigenvalue weighted by molar-refractivity contribution is 9.09. The van der Waals surface area contributed by atoms with Crippen LogP contribution in [0.25, 0.3) is 0 Å². The first-order chi connectivity index (χ1) is 5.77. The highest BCUT2D eigenvalue weighted by Crippen LogP contribution is 2.21. The minimum Gasteiger partial charge on any atom is -0.0921 e. The van der Waals surface area contributed by atoms with Crippen molar-refractivity contribution in [3.8, 4) is 0 Å². The highest BCUT2D eigenvalue weighted by Gasteiger charge is 2.07. The van der Waals surface area contributed by atoms with Crippen molar-refractivity contribution >= 4 is 43.5 Å². The summed E-state index contributed by atoms with van der Waals surface area (Å²) < 4.78 is 0. The van der Waals surface area contributed by atoms with Gasteiger partial charge in [-0.15, -0.1) is 0 Å². The van der Waals surface area contributed by atoms with Gasteiger partial charge in [0.2, 0.25) is 0 Å². The molecule has 1 rings (SSSR count). The molecule has 0 fully saturated rings. The van der Waals surface area contributed by atoms with Gasteiger partial charge in [-0.1, -0.05) is 55.6 Å². The quantitative estimate of drug-likeness (QED) is 0.733. The molecule has 0 saturated carbocycles. The van der Waals surface area contributed by atoms with Crippen LogP contribution in [-0.2, 0) is 0 Å². The molecule has 0 aliphatic carbocycles. The summed E-state index contributed by atoms with van der Waals surface area (Å²) in [7, 11) is 0. The molecule has 0 bridgehead atoms. The lowest BCUT2D eigenvalue weighted by molar-refractivity contribution is 0.910. The number of benzene rings is 1. The van der Waals surface area contributed by atoms with Crippen LogP contribution in [0.1, 0.15) is 11.5 Å². The number of rotatable bonds is 3. The molecule has 0 N–H and O–H groups in total. The van der Waals surface area contributed by atoms with Gasteiger partial charge in [0.1, 0.15) is 0 Å². The molecular formula is C9H9Br2Cl. The molecule has 3 heteroatoms. The lowest BCUT2D eigenvalue weighted by Gasteiger charge is -2.10. The van der Waals surface area contributed by atoms with Gasteiger partial charge in [-0.2, -0.15) is 0 Å². The Morgan fingerprint density at radius 3 is 2.00 bits per heavy atom. The van der Waals surface area contributed by atoms with E-state index in [1.807, 2.05) is 12.1 Å². The summed E-state index contributed by atoms with van der Waals surface area (Å²) in [6.07, 6.45) is 0. The Balaban J connectivity index is 2.80. The Kier molecular flexibility index (Phi) is 4.62. The Bertz CT molecular complexity index is 229. The molecule has 0 aliphatic rings. The van der Waals surface area contributed by atoms with Crippen molar-refractivity contribution in [2.75, 3.05) is 10.7 Å². The van der Waals surface area contributed by atoms with Gasteiger partial charge in [-0.3, -0.25) is 0 Å². The first-order valence-corrected chi connectivity index (χ1v) is 6.27. The van der Waals surface area contributed by atoms with Crippen molar-refractivity contribution in [3.05, 3.63) is 34.9 Å². The van der Waals surface area contributed by atoms with Gasteiger partial charge in [0.05, 0.1) is 0 Å². The summed E-state index contributed by atoms with van der Waals surface area (Å²) in [5.74, 6) is 0.530. The minimum absolute atomic E-state index is 0.530. The fourth-order valence-electron chi connectivity index (χ4n) is 0.954. The Hall–Kier alpha value is 0.470. The standard InChI is InChI=1S/C9H9Br2Cl/c10-5-8(6-11)7-1-3-9(12)4-2-7/h1-4,8H,5-6H2. The Morgan fingerprint density at radius 1 is 1.08 bits per heavy atom. The maximum Gasteiger partial charge on any atom is 0.0406 e. The molecular weight excluding hydrogens is 303 g/mol. The summed E-state index contributed by atoms with van der Waals surface area (Å²) in [5.41, 5.74) is 1.31. The molecule has 0 saturated heterocycles. The van der Waals surface area contributed by atoms with Crippen molar-refractivity contribution in [3.63, 3.8) is 0 Å². The molecule has 0 aromatic heterocycles. The number of hydrogen-bond acceptors (Lipinski definition) is 0. The summed E-state index contributed by atoms with van der Waals surface area (Å²) in [6.45, 7) is 0. The fraction of sp³-hybridized carbons (Fsp3) is 0.333. The average Bonchev–Trinajstić information content (AvgIpc) is 2.10. The third-order valence-electron chi connectivity index (χ3n) is 1.71. The molecule has 0 heterocycles. The zero-order valence-electron chi connectivity index (χ0n) is 6.43. The van der Waals surface area contributed by atoms with Crippen molar-refractivity contribution in [1.29, 1.82) is 0 Å². The molecule has 0 radical (unpaired) electrons. The van der Waals surface area contributed by atoms with E-state index in [-0.39, 0.29) is 0 Å². The second-order valence-corrected chi connectivity index (χ2v) is 4.29. The molecule has 0 amide bonds. The van der Waals surface area contributed by atoms with E-state index in [9.17, 15) is 0 Å². The summed E-state index contributed by atoms with van der Waals surface area (Å²) in [5, 5.41) is 2.74. The average molecular weight is 312 g/mol. The molecule has 0 unspecified atom stereocenters. The van der Waals surface area contributed by atoms with Crippen LogP contribution in [0, 0.1) is 0 Å². The normalized spacial score (nSPS) is 10.7. The SMILES string of the molecule is Clc1ccc(C(CBr)CBr)cc1. The molecule has 66 valence electrons. The van der Waals surface area contributed by atoms with E-state index < -0.39 is 0 Å². The maximum atomic E-state index is 5.78. The van der Waals surface area contributed by atoms with Crippen molar-refractivity contribution in [2.45, 2.75) is 5.92 Å². The Morgan fingerprint density at radius 2 is 1.58 bits per heavy atom. The smallest absolute Gasteiger partial charge is 0.0406 e. The highest BCUT2D eigenvalue weighted by atomic mass is 79.9. The molecule has 0 spiro atoms. The topological polar surface area (TPSA) is 0 Å². The van der Waals surface area contributed by atoms with Crippen molar-refractivity contribution in [1.82, 2.24) is 0 Å². The van der Waals surface area contributed by atoms with Crippen molar-refractivity contribution in [2.24, 2.45) is 0 Å². The Labute approximate surface area is 94.6 Å². The third-order valence-corrected chi connectivity index (χ3v) is 3.53. The zero-order valence-corrected chi connectivity index (χ0v) is 10.4. The van der Waals surface area contributed by atoms with Gasteiger partial charge in [0.15, 0.2) is 0 Å². The fourth-order valence-corrected chi connectivity index (χ4v) is 2.90. The second kappa shape index (κ2) is 5.25. The van der Waals surface area contributed by atoms with E-state index in [1.165, 1.54) is 5.56 Å². The van der Waals surface area contributed by atoms with E-state index in [4.69, 9.17) is 11.6 Å². The van der Waals surface area contributed by atoms with Gasteiger partial charge in [0, 0.05) is 21.6 Å². The van der Waals surface area contributed by atoms with Crippen molar-refractivity contribution < 1.29 is 0 Å². The van der Waals surface area contributed by atoms with Gasteiger partial charge < -0.3 is 0 Å². The lowest BCUT2D eigenvalue weighted by Crippen LogP contribution is -2.00. The molecule has 0 atom stereocenters. The summed E-state index contributed by atoms with van der Waals surface area (Å²) in [4.78, 5) is 0. The third kappa shape index (κ3) is 2.75. The van der Waals surface area contributed by atoms with E-state index in [0.717, 1.165) is 15.7 Å². The minimum atomic E-state index is 0.530. The molecule has 12 heavy (non-hydrogen) atoms. The molecule has 1 aromatic carbocycles. The van der Waals surface area contributed by atoms with Gasteiger partial charge >= 0.3 is 0 Å². The molecule has 0 nitrogen and oxygen atoms in total. The predicted octanol–water partition coefficient (Wildman–Crippen LogP) is 4.21. The van der Waals surface area contributed by atoms with Crippen LogP contribution in [-0.4, -0.2) is 10.7 Å². The zero-order chi connectivity index (χ0) is 8.97. The monoisotopic (exact) mass is 310 g/mol. The van der Waals surface area contributed by atoms with Crippen LogP contribution in [0.3, 0.4) is 0 Å². The van der Waals surface area contributed by atoms with Crippen LogP contribution < -0.4 is 0 Å². The first kappa shape index (κ1) is 10.6. The number of alkyl halides is 2. The second-order valence-electron chi connectivity index (χ2n) is 2.56. The van der Waals surface area contributed by atoms with E-state index in [2.05, 4.69) is 44.0 Å². The van der Waals surface area contributed by atoms with Crippen LogP contribution >= 0.6 is 43.5 Å². The predicted molar refractivity (Wildman–Crippen MR) is 61.8 cm³/mol. The van der Waals surface area contributed by atoms with Crippen LogP contribution in [0.4, 0.5) is 0 Å².